The topological polar surface area (TPSA) is 118 Å². The molecule has 0 aliphatic carbocycles. The van der Waals surface area contributed by atoms with Crippen LogP contribution in [-0.2, 0) is 20.9 Å². The molecule has 0 saturated heterocycles. The van der Waals surface area contributed by atoms with Gasteiger partial charge in [-0.15, -0.1) is 0 Å². The molecule has 3 N–H and O–H groups in total. The van der Waals surface area contributed by atoms with Crippen LogP contribution in [0.4, 0.5) is 5.69 Å². The Morgan fingerprint density at radius 3 is 2.42 bits per heavy atom. The Hall–Kier alpha value is -3.45. The summed E-state index contributed by atoms with van der Waals surface area (Å²) in [5, 5.41) is 9.25. The molecule has 0 heterocycles. The summed E-state index contributed by atoms with van der Waals surface area (Å²) in [5.41, 5.74) is 6.56. The number of hydrogen-bond acceptors (Lipinski definition) is 6. The summed E-state index contributed by atoms with van der Waals surface area (Å²) in [7, 11) is 1.48. The van der Waals surface area contributed by atoms with E-state index in [0.717, 1.165) is 15.6 Å². The lowest BCUT2D eigenvalue weighted by Gasteiger charge is -2.14. The molecule has 0 bridgehead atoms. The van der Waals surface area contributed by atoms with Crippen LogP contribution in [0, 0.1) is 10.5 Å². The van der Waals surface area contributed by atoms with Gasteiger partial charge in [-0.05, 0) is 88.0 Å². The maximum Gasteiger partial charge on any atom is 0.329 e. The van der Waals surface area contributed by atoms with Gasteiger partial charge in [0, 0.05) is 16.7 Å². The molecule has 0 aliphatic heterocycles. The Bertz CT molecular complexity index is 1410. The quantitative estimate of drug-likeness (QED) is 0.114. The normalized spacial score (nSPS) is 10.9. The molecule has 9 nitrogen and oxygen atoms in total. The average Bonchev–Trinajstić information content (AvgIpc) is 2.93. The van der Waals surface area contributed by atoms with Crippen molar-refractivity contribution >= 4 is 68.1 Å². The van der Waals surface area contributed by atoms with Gasteiger partial charge in [-0.2, -0.15) is 5.10 Å². The first-order chi connectivity index (χ1) is 19.1. The van der Waals surface area contributed by atoms with E-state index in [-0.39, 0.29) is 19.1 Å². The minimum atomic E-state index is -0.886. The van der Waals surface area contributed by atoms with Crippen molar-refractivity contribution in [1.82, 2.24) is 10.7 Å². The number of amides is 3. The number of anilines is 1. The number of carbonyl (C=O) groups is 3. The van der Waals surface area contributed by atoms with Crippen molar-refractivity contribution < 1.29 is 23.9 Å². The Morgan fingerprint density at radius 2 is 1.77 bits per heavy atom. The Labute approximate surface area is 255 Å². The second-order valence-electron chi connectivity index (χ2n) is 9.11. The highest BCUT2D eigenvalue weighted by atomic mass is 127. The minimum Gasteiger partial charge on any atom is -0.493 e. The molecule has 11 heteroatoms. The molecule has 3 aromatic carbocycles. The van der Waals surface area contributed by atoms with E-state index in [1.807, 2.05) is 43.3 Å². The minimum absolute atomic E-state index is 0.220. The third-order valence-electron chi connectivity index (χ3n) is 5.73. The van der Waals surface area contributed by atoms with Crippen molar-refractivity contribution in [3.8, 4) is 11.5 Å². The lowest BCUT2D eigenvalue weighted by atomic mass is 10.0. The second-order valence-corrected chi connectivity index (χ2v) is 11.1. The summed E-state index contributed by atoms with van der Waals surface area (Å²) >= 11 is 5.49. The Balaban J connectivity index is 1.53. The highest BCUT2D eigenvalue weighted by molar-refractivity contribution is 14.1. The van der Waals surface area contributed by atoms with Crippen LogP contribution >= 0.6 is 38.5 Å². The molecular formula is C29H30BrIN4O5. The fraction of sp³-hybridized carbons (Fsp3) is 0.241. The number of rotatable bonds is 10. The number of benzene rings is 3. The molecule has 0 spiro atoms. The van der Waals surface area contributed by atoms with E-state index in [4.69, 9.17) is 9.47 Å². The smallest absolute Gasteiger partial charge is 0.329 e. The maximum atomic E-state index is 12.4. The van der Waals surface area contributed by atoms with Crippen LogP contribution in [0.2, 0.25) is 0 Å². The van der Waals surface area contributed by atoms with Gasteiger partial charge < -0.3 is 20.1 Å². The summed E-state index contributed by atoms with van der Waals surface area (Å²) in [5.74, 6) is -0.807. The highest BCUT2D eigenvalue weighted by Gasteiger charge is 2.15. The first-order valence-electron chi connectivity index (χ1n) is 12.3. The number of hydrogen-bond donors (Lipinski definition) is 3. The van der Waals surface area contributed by atoms with E-state index in [1.165, 1.54) is 18.9 Å². The zero-order valence-corrected chi connectivity index (χ0v) is 26.3. The zero-order valence-electron chi connectivity index (χ0n) is 22.5. The van der Waals surface area contributed by atoms with E-state index >= 15 is 0 Å². The van der Waals surface area contributed by atoms with Crippen molar-refractivity contribution in [2.24, 2.45) is 5.10 Å². The van der Waals surface area contributed by atoms with Crippen molar-refractivity contribution in [3.05, 3.63) is 84.9 Å². The van der Waals surface area contributed by atoms with Gasteiger partial charge in [0.1, 0.15) is 0 Å². The van der Waals surface area contributed by atoms with Gasteiger partial charge in [0.05, 0.1) is 16.9 Å². The first-order valence-corrected chi connectivity index (χ1v) is 14.2. The fourth-order valence-corrected chi connectivity index (χ4v) is 4.54. The summed E-state index contributed by atoms with van der Waals surface area (Å²) in [4.78, 5) is 36.7. The first kappa shape index (κ1) is 31.1. The van der Waals surface area contributed by atoms with Crippen LogP contribution in [0.3, 0.4) is 0 Å². The number of ether oxygens (including phenoxy) is 2. The lowest BCUT2D eigenvalue weighted by molar-refractivity contribution is -0.139. The summed E-state index contributed by atoms with van der Waals surface area (Å²) < 4.78 is 12.8. The van der Waals surface area contributed by atoms with Gasteiger partial charge in [0.2, 0.25) is 0 Å². The van der Waals surface area contributed by atoms with Gasteiger partial charge >= 0.3 is 11.8 Å². The molecule has 0 atom stereocenters. The third kappa shape index (κ3) is 9.05. The average molecular weight is 721 g/mol. The summed E-state index contributed by atoms with van der Waals surface area (Å²) in [6.45, 7) is 6.15. The van der Waals surface area contributed by atoms with E-state index in [9.17, 15) is 14.4 Å². The van der Waals surface area contributed by atoms with Crippen LogP contribution < -0.4 is 25.5 Å². The van der Waals surface area contributed by atoms with Crippen LogP contribution in [-0.4, -0.2) is 37.7 Å². The summed E-state index contributed by atoms with van der Waals surface area (Å²) in [6.07, 6.45) is 1.38. The molecule has 0 saturated carbocycles. The van der Waals surface area contributed by atoms with Crippen molar-refractivity contribution in [2.45, 2.75) is 33.2 Å². The number of aryl methyl sites for hydroxylation is 1. The Morgan fingerprint density at radius 1 is 1.05 bits per heavy atom. The second kappa shape index (κ2) is 14.8. The van der Waals surface area contributed by atoms with Crippen molar-refractivity contribution in [3.63, 3.8) is 0 Å². The number of halogens is 2. The molecule has 0 aliphatic rings. The van der Waals surface area contributed by atoms with Crippen molar-refractivity contribution in [2.75, 3.05) is 19.0 Å². The molecule has 0 unspecified atom stereocenters. The predicted octanol–water partition coefficient (Wildman–Crippen LogP) is 5.28. The van der Waals surface area contributed by atoms with Gasteiger partial charge in [0.15, 0.2) is 18.1 Å². The molecule has 0 radical (unpaired) electrons. The number of nitrogens with one attached hydrogen (secondary N) is 3. The van der Waals surface area contributed by atoms with Crippen LogP contribution in [0.1, 0.15) is 42.0 Å². The monoisotopic (exact) mass is 720 g/mol. The zero-order chi connectivity index (χ0) is 29.2. The summed E-state index contributed by atoms with van der Waals surface area (Å²) in [6, 6.07) is 16.7. The molecule has 0 aromatic heterocycles. The largest absolute Gasteiger partial charge is 0.493 e. The van der Waals surface area contributed by atoms with E-state index < -0.39 is 11.8 Å². The standard InChI is InChI=1S/C29H30BrIN4O5/c1-17(2)21-7-5-19(6-8-21)14-32-28(37)29(38)35-33-15-20-12-24(31)27(25(13-20)39-4)40-16-26(36)34-22-9-10-23(30)18(3)11-22/h5-13,15,17H,14,16H2,1-4H3,(H,32,37)(H,34,36)(H,35,38)/b33-15-. The highest BCUT2D eigenvalue weighted by Crippen LogP contribution is 2.33. The fourth-order valence-electron chi connectivity index (χ4n) is 3.51. The van der Waals surface area contributed by atoms with E-state index in [1.54, 1.807) is 18.2 Å². The molecule has 3 rings (SSSR count). The van der Waals surface area contributed by atoms with Gasteiger partial charge in [0.25, 0.3) is 5.91 Å². The molecule has 3 amide bonds. The molecule has 3 aromatic rings. The number of hydrazone groups is 1. The number of nitrogens with zero attached hydrogens (tertiary/aromatic N) is 1. The molecule has 40 heavy (non-hydrogen) atoms. The number of methoxy groups -OCH3 is 1. The third-order valence-corrected chi connectivity index (χ3v) is 7.42. The number of carbonyl (C=O) groups excluding carboxylic acids is 3. The predicted molar refractivity (Wildman–Crippen MR) is 167 cm³/mol. The maximum absolute atomic E-state index is 12.4. The SMILES string of the molecule is COc1cc(/C=N\NC(=O)C(=O)NCc2ccc(C(C)C)cc2)cc(I)c1OCC(=O)Nc1ccc(Br)c(C)c1. The van der Waals surface area contributed by atoms with Gasteiger partial charge in [-0.25, -0.2) is 5.43 Å². The van der Waals surface area contributed by atoms with Gasteiger partial charge in [-0.3, -0.25) is 14.4 Å². The lowest BCUT2D eigenvalue weighted by Crippen LogP contribution is -2.37. The van der Waals surface area contributed by atoms with Crippen LogP contribution in [0.15, 0.2) is 64.2 Å². The van der Waals surface area contributed by atoms with Crippen LogP contribution in [0.5, 0.6) is 11.5 Å². The van der Waals surface area contributed by atoms with Gasteiger partial charge in [-0.1, -0.05) is 54.0 Å². The van der Waals surface area contributed by atoms with Crippen LogP contribution in [0.25, 0.3) is 0 Å². The van der Waals surface area contributed by atoms with E-state index in [2.05, 4.69) is 73.5 Å². The Kier molecular flexibility index (Phi) is 11.5. The molecular weight excluding hydrogens is 691 g/mol. The molecule has 0 fully saturated rings. The van der Waals surface area contributed by atoms with Crippen molar-refractivity contribution in [1.29, 1.82) is 0 Å². The molecule has 210 valence electrons. The van der Waals surface area contributed by atoms with E-state index in [0.29, 0.717) is 32.2 Å².